The zero-order valence-electron chi connectivity index (χ0n) is 10.5. The maximum Gasteiger partial charge on any atom is 0.244 e. The van der Waals surface area contributed by atoms with E-state index in [1.54, 1.807) is 28.3 Å². The predicted molar refractivity (Wildman–Crippen MR) is 74.6 cm³/mol. The summed E-state index contributed by atoms with van der Waals surface area (Å²) in [6.45, 7) is 1.09. The molecule has 1 aliphatic heterocycles. The van der Waals surface area contributed by atoms with Gasteiger partial charge in [-0.25, -0.2) is 0 Å². The monoisotopic (exact) mass is 276 g/mol. The second-order valence-corrected chi connectivity index (χ2v) is 5.52. The van der Waals surface area contributed by atoms with Gasteiger partial charge in [-0.05, 0) is 41.3 Å². The third-order valence-corrected chi connectivity index (χ3v) is 4.16. The predicted octanol–water partition coefficient (Wildman–Crippen LogP) is 1.89. The Kier molecular flexibility index (Phi) is 3.25. The molecule has 1 fully saturated rings. The fraction of sp³-hybridized carbons (Fsp3) is 0.385. The summed E-state index contributed by atoms with van der Waals surface area (Å²) >= 11 is 1.68. The van der Waals surface area contributed by atoms with Gasteiger partial charge in [0.15, 0.2) is 0 Å². The Morgan fingerprint density at radius 3 is 3.11 bits per heavy atom. The van der Waals surface area contributed by atoms with Crippen LogP contribution in [0.2, 0.25) is 0 Å². The maximum atomic E-state index is 12.4. The largest absolute Gasteiger partial charge is 0.382 e. The Balaban J connectivity index is 1.72. The van der Waals surface area contributed by atoms with E-state index in [9.17, 15) is 4.79 Å². The molecule has 0 aromatic carbocycles. The highest BCUT2D eigenvalue weighted by Gasteiger charge is 2.30. The molecule has 19 heavy (non-hydrogen) atoms. The van der Waals surface area contributed by atoms with Crippen LogP contribution in [0.3, 0.4) is 0 Å². The van der Waals surface area contributed by atoms with Gasteiger partial charge in [0.25, 0.3) is 0 Å². The van der Waals surface area contributed by atoms with E-state index < -0.39 is 0 Å². The molecular formula is C13H16N4OS. The van der Waals surface area contributed by atoms with Crippen LogP contribution in [0.5, 0.6) is 0 Å². The Labute approximate surface area is 115 Å². The van der Waals surface area contributed by atoms with Crippen molar-refractivity contribution in [2.75, 3.05) is 12.3 Å². The molecular weight excluding hydrogens is 260 g/mol. The fourth-order valence-electron chi connectivity index (χ4n) is 2.57. The lowest BCUT2D eigenvalue weighted by Crippen LogP contribution is -2.33. The van der Waals surface area contributed by atoms with Crippen molar-refractivity contribution in [1.29, 1.82) is 0 Å². The molecule has 6 heteroatoms. The Morgan fingerprint density at radius 1 is 1.53 bits per heavy atom. The average molecular weight is 276 g/mol. The lowest BCUT2D eigenvalue weighted by molar-refractivity contribution is -0.133. The van der Waals surface area contributed by atoms with Gasteiger partial charge in [0.2, 0.25) is 5.91 Å². The van der Waals surface area contributed by atoms with Gasteiger partial charge in [-0.15, -0.1) is 0 Å². The van der Waals surface area contributed by atoms with Crippen molar-refractivity contribution in [2.45, 2.75) is 25.4 Å². The van der Waals surface area contributed by atoms with E-state index >= 15 is 0 Å². The lowest BCUT2D eigenvalue weighted by atomic mass is 10.1. The van der Waals surface area contributed by atoms with E-state index in [0.717, 1.165) is 19.4 Å². The molecule has 1 saturated heterocycles. The van der Waals surface area contributed by atoms with Crippen molar-refractivity contribution in [1.82, 2.24) is 14.7 Å². The molecule has 0 radical (unpaired) electrons. The minimum atomic E-state index is 0.108. The van der Waals surface area contributed by atoms with Gasteiger partial charge in [0, 0.05) is 12.7 Å². The molecule has 3 rings (SSSR count). The summed E-state index contributed by atoms with van der Waals surface area (Å²) in [7, 11) is 0. The number of thiophene rings is 1. The topological polar surface area (TPSA) is 64.2 Å². The summed E-state index contributed by atoms with van der Waals surface area (Å²) in [4.78, 5) is 14.3. The van der Waals surface area contributed by atoms with Crippen molar-refractivity contribution in [3.05, 3.63) is 34.7 Å². The van der Waals surface area contributed by atoms with Crippen molar-refractivity contribution in [2.24, 2.45) is 0 Å². The normalized spacial score (nSPS) is 18.9. The van der Waals surface area contributed by atoms with E-state index in [1.165, 1.54) is 5.56 Å². The highest BCUT2D eigenvalue weighted by atomic mass is 32.1. The number of nitrogen functional groups attached to an aromatic ring is 1. The van der Waals surface area contributed by atoms with E-state index in [4.69, 9.17) is 5.73 Å². The Morgan fingerprint density at radius 2 is 2.42 bits per heavy atom. The van der Waals surface area contributed by atoms with E-state index in [0.29, 0.717) is 5.82 Å². The Hall–Kier alpha value is -1.82. The number of carbonyl (C=O) groups excluding carboxylic acids is 1. The molecule has 1 unspecified atom stereocenters. The second kappa shape index (κ2) is 5.05. The van der Waals surface area contributed by atoms with E-state index in [-0.39, 0.29) is 18.5 Å². The number of carbonyl (C=O) groups is 1. The van der Waals surface area contributed by atoms with Crippen LogP contribution in [-0.2, 0) is 11.3 Å². The SMILES string of the molecule is Nc1ccn(CC(=O)N2CCCC2c2ccsc2)n1. The standard InChI is InChI=1S/C13H16N4OS/c14-12-3-6-16(15-12)8-13(18)17-5-1-2-11(17)10-4-7-19-9-10/h3-4,6-7,9,11H,1-2,5,8H2,(H2,14,15). The number of anilines is 1. The molecule has 0 bridgehead atoms. The number of nitrogens with zero attached hydrogens (tertiary/aromatic N) is 3. The number of aromatic nitrogens is 2. The molecule has 0 spiro atoms. The number of hydrogen-bond donors (Lipinski definition) is 1. The first-order valence-electron chi connectivity index (χ1n) is 6.34. The zero-order chi connectivity index (χ0) is 13.2. The summed E-state index contributed by atoms with van der Waals surface area (Å²) in [5.74, 6) is 0.556. The van der Waals surface area contributed by atoms with Crippen LogP contribution >= 0.6 is 11.3 Å². The lowest BCUT2D eigenvalue weighted by Gasteiger charge is -2.24. The van der Waals surface area contributed by atoms with Crippen LogP contribution in [0.4, 0.5) is 5.82 Å². The van der Waals surface area contributed by atoms with Crippen LogP contribution < -0.4 is 5.73 Å². The molecule has 100 valence electrons. The number of nitrogens with two attached hydrogens (primary N) is 1. The molecule has 3 heterocycles. The second-order valence-electron chi connectivity index (χ2n) is 4.74. The highest BCUT2D eigenvalue weighted by Crippen LogP contribution is 2.33. The third-order valence-electron chi connectivity index (χ3n) is 3.46. The van der Waals surface area contributed by atoms with Gasteiger partial charge >= 0.3 is 0 Å². The van der Waals surface area contributed by atoms with Crippen LogP contribution in [0.25, 0.3) is 0 Å². The van der Waals surface area contributed by atoms with Gasteiger partial charge in [0.05, 0.1) is 6.04 Å². The number of hydrogen-bond acceptors (Lipinski definition) is 4. The van der Waals surface area contributed by atoms with Gasteiger partial charge < -0.3 is 10.6 Å². The summed E-state index contributed by atoms with van der Waals surface area (Å²) in [5, 5.41) is 8.25. The molecule has 1 atom stereocenters. The van der Waals surface area contributed by atoms with Crippen LogP contribution in [0.15, 0.2) is 29.1 Å². The van der Waals surface area contributed by atoms with Crippen LogP contribution in [0, 0.1) is 0 Å². The first-order chi connectivity index (χ1) is 9.24. The van der Waals surface area contributed by atoms with Crippen LogP contribution in [-0.4, -0.2) is 27.1 Å². The zero-order valence-corrected chi connectivity index (χ0v) is 11.3. The summed E-state index contributed by atoms with van der Waals surface area (Å²) in [6.07, 6.45) is 3.85. The number of rotatable bonds is 3. The van der Waals surface area contributed by atoms with Crippen molar-refractivity contribution in [3.63, 3.8) is 0 Å². The van der Waals surface area contributed by atoms with Gasteiger partial charge in [-0.3, -0.25) is 9.48 Å². The van der Waals surface area contributed by atoms with Gasteiger partial charge in [-0.2, -0.15) is 16.4 Å². The molecule has 0 aliphatic carbocycles. The van der Waals surface area contributed by atoms with Gasteiger partial charge in [-0.1, -0.05) is 0 Å². The summed E-state index contributed by atoms with van der Waals surface area (Å²) in [5.41, 5.74) is 6.80. The molecule has 2 N–H and O–H groups in total. The maximum absolute atomic E-state index is 12.4. The first kappa shape index (κ1) is 12.2. The smallest absolute Gasteiger partial charge is 0.244 e. The summed E-state index contributed by atoms with van der Waals surface area (Å²) < 4.78 is 1.60. The minimum Gasteiger partial charge on any atom is -0.382 e. The molecule has 5 nitrogen and oxygen atoms in total. The molecule has 1 amide bonds. The number of likely N-dealkylation sites (tertiary alicyclic amines) is 1. The third kappa shape index (κ3) is 2.49. The van der Waals surface area contributed by atoms with E-state index in [2.05, 4.69) is 21.9 Å². The average Bonchev–Trinajstić information content (AvgIpc) is 3.07. The quantitative estimate of drug-likeness (QED) is 0.931. The fourth-order valence-corrected chi connectivity index (χ4v) is 3.28. The van der Waals surface area contributed by atoms with Crippen molar-refractivity contribution < 1.29 is 4.79 Å². The van der Waals surface area contributed by atoms with E-state index in [1.807, 2.05) is 4.90 Å². The van der Waals surface area contributed by atoms with Gasteiger partial charge in [0.1, 0.15) is 12.4 Å². The highest BCUT2D eigenvalue weighted by molar-refractivity contribution is 7.07. The molecule has 2 aromatic rings. The van der Waals surface area contributed by atoms with Crippen molar-refractivity contribution >= 4 is 23.1 Å². The first-order valence-corrected chi connectivity index (χ1v) is 7.29. The number of amides is 1. The van der Waals surface area contributed by atoms with Crippen LogP contribution in [0.1, 0.15) is 24.4 Å². The molecule has 1 aliphatic rings. The molecule has 2 aromatic heterocycles. The van der Waals surface area contributed by atoms with Crippen molar-refractivity contribution in [3.8, 4) is 0 Å². The molecule has 0 saturated carbocycles. The summed E-state index contributed by atoms with van der Waals surface area (Å²) in [6, 6.07) is 4.03. The Bertz CT molecular complexity index is 563. The minimum absolute atomic E-state index is 0.108.